The third-order valence-corrected chi connectivity index (χ3v) is 5.89. The first kappa shape index (κ1) is 17.4. The topological polar surface area (TPSA) is 0 Å². The van der Waals surface area contributed by atoms with Crippen LogP contribution in [0.1, 0.15) is 42.4 Å². The molecule has 130 valence electrons. The first-order valence-electron chi connectivity index (χ1n) is 9.33. The fourth-order valence-corrected chi connectivity index (χ4v) is 4.57. The molecule has 0 aromatic heterocycles. The van der Waals surface area contributed by atoms with E-state index in [2.05, 4.69) is 79.7 Å². The molecule has 0 amide bonds. The van der Waals surface area contributed by atoms with Gasteiger partial charge in [-0.2, -0.15) is 0 Å². The molecule has 2 unspecified atom stereocenters. The van der Waals surface area contributed by atoms with Gasteiger partial charge in [0.25, 0.3) is 0 Å². The Morgan fingerprint density at radius 3 is 2.42 bits per heavy atom. The monoisotopic (exact) mass is 400 g/mol. The third-order valence-electron chi connectivity index (χ3n) is 5.89. The predicted molar refractivity (Wildman–Crippen MR) is 116 cm³/mol. The molecule has 0 bridgehead atoms. The van der Waals surface area contributed by atoms with Gasteiger partial charge in [-0.1, -0.05) is 79.7 Å². The van der Waals surface area contributed by atoms with Gasteiger partial charge in [-0.3, -0.25) is 0 Å². The number of hydrogen-bond acceptors (Lipinski definition) is 0. The van der Waals surface area contributed by atoms with Crippen molar-refractivity contribution in [3.05, 3.63) is 93.9 Å². The summed E-state index contributed by atoms with van der Waals surface area (Å²) in [5.74, 6) is 0.637. The van der Waals surface area contributed by atoms with E-state index >= 15 is 0 Å². The number of hydrogen-bond donors (Lipinski definition) is 0. The summed E-state index contributed by atoms with van der Waals surface area (Å²) in [4.78, 5) is 0. The van der Waals surface area contributed by atoms with Crippen molar-refractivity contribution in [3.8, 4) is 11.1 Å². The summed E-state index contributed by atoms with van der Waals surface area (Å²) >= 11 is 0. The molecular formula is C25H25As. The summed E-state index contributed by atoms with van der Waals surface area (Å²) in [7, 11) is 0. The van der Waals surface area contributed by atoms with Crippen LogP contribution in [0.15, 0.2) is 66.7 Å². The molecule has 26 heavy (non-hydrogen) atoms. The van der Waals surface area contributed by atoms with Gasteiger partial charge in [0.1, 0.15) is 0 Å². The van der Waals surface area contributed by atoms with E-state index in [0.29, 0.717) is 5.92 Å². The summed E-state index contributed by atoms with van der Waals surface area (Å²) in [5, 5.41) is 2.97. The number of rotatable bonds is 1. The Morgan fingerprint density at radius 1 is 0.808 bits per heavy atom. The van der Waals surface area contributed by atoms with E-state index in [0.717, 1.165) is 6.42 Å². The van der Waals surface area contributed by atoms with Crippen molar-refractivity contribution in [1.82, 2.24) is 0 Å². The van der Waals surface area contributed by atoms with Gasteiger partial charge in [0.05, 0.1) is 0 Å². The van der Waals surface area contributed by atoms with Gasteiger partial charge >= 0.3 is 18.0 Å². The summed E-state index contributed by atoms with van der Waals surface area (Å²) in [6, 6.07) is 24.6. The van der Waals surface area contributed by atoms with E-state index in [1.54, 1.807) is 0 Å². The summed E-state index contributed by atoms with van der Waals surface area (Å²) < 4.78 is 0. The second-order valence-corrected chi connectivity index (χ2v) is 7.34. The molecule has 0 saturated heterocycles. The van der Waals surface area contributed by atoms with E-state index in [1.165, 1.54) is 56.7 Å². The van der Waals surface area contributed by atoms with Crippen LogP contribution in [0.2, 0.25) is 0 Å². The van der Waals surface area contributed by atoms with Crippen molar-refractivity contribution in [2.45, 2.75) is 32.1 Å². The molecule has 0 aliphatic heterocycles. The molecule has 0 nitrogen and oxygen atoms in total. The molecule has 0 heterocycles. The van der Waals surface area contributed by atoms with Crippen molar-refractivity contribution in [1.29, 1.82) is 0 Å². The second kappa shape index (κ2) is 6.93. The maximum absolute atomic E-state index is 2.46. The van der Waals surface area contributed by atoms with E-state index < -0.39 is 0 Å². The Kier molecular flexibility index (Phi) is 4.63. The molecular weight excluding hydrogens is 375 g/mol. The van der Waals surface area contributed by atoms with Gasteiger partial charge in [0, 0.05) is 0 Å². The van der Waals surface area contributed by atoms with Crippen LogP contribution in [-0.4, -0.2) is 18.0 Å². The molecule has 3 aromatic rings. The summed E-state index contributed by atoms with van der Waals surface area (Å²) in [6.45, 7) is 2.38. The Balaban J connectivity index is 0.00000168. The zero-order valence-corrected chi connectivity index (χ0v) is 18.3. The first-order chi connectivity index (χ1) is 12.3. The van der Waals surface area contributed by atoms with Gasteiger partial charge < -0.3 is 0 Å². The standard InChI is InChI=1S/C25H22.AsH3/c1-17-11-13-22(18-7-3-2-4-8-18)25-20(17)15-16-23-21-10-6-5-9-19(21)12-14-24(23)25;/h2-10,14-17H,11-13H2,1H3;1H3. The van der Waals surface area contributed by atoms with Crippen LogP contribution in [0.4, 0.5) is 0 Å². The first-order valence-corrected chi connectivity index (χ1v) is 9.33. The maximum atomic E-state index is 2.46. The zero-order chi connectivity index (χ0) is 16.8. The van der Waals surface area contributed by atoms with Crippen LogP contribution in [0.25, 0.3) is 22.8 Å². The van der Waals surface area contributed by atoms with Crippen LogP contribution >= 0.6 is 0 Å². The van der Waals surface area contributed by atoms with Gasteiger partial charge in [0.15, 0.2) is 0 Å². The number of fused-ring (bicyclic) bond motifs is 5. The van der Waals surface area contributed by atoms with E-state index in [-0.39, 0.29) is 18.0 Å². The van der Waals surface area contributed by atoms with Gasteiger partial charge in [-0.25, -0.2) is 0 Å². The van der Waals surface area contributed by atoms with E-state index in [1.807, 2.05) is 0 Å². The molecule has 2 aliphatic rings. The van der Waals surface area contributed by atoms with E-state index in [4.69, 9.17) is 0 Å². The minimum absolute atomic E-state index is 0. The normalized spacial score (nSPS) is 17.3. The van der Waals surface area contributed by atoms with Crippen LogP contribution in [0, 0.1) is 0 Å². The van der Waals surface area contributed by atoms with Crippen LogP contribution in [-0.2, 0) is 6.42 Å². The SMILES string of the molecule is CC1CCC(c2ccccc2)=c2c1ccc1c2=CCc2ccccc2-1.[AsH3]. The second-order valence-electron chi connectivity index (χ2n) is 7.34. The quantitative estimate of drug-likeness (QED) is 0.548. The van der Waals surface area contributed by atoms with Crippen molar-refractivity contribution < 1.29 is 0 Å². The molecule has 0 radical (unpaired) electrons. The average molecular weight is 400 g/mol. The Labute approximate surface area is 166 Å². The molecule has 0 spiro atoms. The van der Waals surface area contributed by atoms with Crippen molar-refractivity contribution in [3.63, 3.8) is 0 Å². The summed E-state index contributed by atoms with van der Waals surface area (Å²) in [6.07, 6.45) is 5.91. The van der Waals surface area contributed by atoms with Gasteiger partial charge in [-0.15, -0.1) is 0 Å². The number of benzene rings is 3. The summed E-state index contributed by atoms with van der Waals surface area (Å²) in [5.41, 5.74) is 8.70. The molecule has 0 N–H and O–H groups in total. The van der Waals surface area contributed by atoms with Crippen LogP contribution in [0.5, 0.6) is 0 Å². The van der Waals surface area contributed by atoms with Crippen LogP contribution in [0.3, 0.4) is 0 Å². The van der Waals surface area contributed by atoms with Crippen molar-refractivity contribution in [2.24, 2.45) is 0 Å². The molecule has 2 aliphatic carbocycles. The molecule has 1 heteroatoms. The predicted octanol–water partition coefficient (Wildman–Crippen LogP) is 3.60. The van der Waals surface area contributed by atoms with Crippen LogP contribution < -0.4 is 10.4 Å². The minimum atomic E-state index is 0. The Bertz CT molecular complexity index is 1080. The molecule has 2 atom stereocenters. The Morgan fingerprint density at radius 2 is 1.58 bits per heavy atom. The molecule has 5 rings (SSSR count). The third kappa shape index (κ3) is 2.68. The zero-order valence-electron chi connectivity index (χ0n) is 15.3. The fourth-order valence-electron chi connectivity index (χ4n) is 4.57. The molecule has 0 fully saturated rings. The molecule has 3 aromatic carbocycles. The Hall–Kier alpha value is -2.04. The van der Waals surface area contributed by atoms with Gasteiger partial charge in [-0.05, 0) is 69.0 Å². The fraction of sp³-hybridized carbons (Fsp3) is 0.200. The van der Waals surface area contributed by atoms with E-state index in [9.17, 15) is 0 Å². The van der Waals surface area contributed by atoms with Gasteiger partial charge in [0.2, 0.25) is 0 Å². The van der Waals surface area contributed by atoms with Crippen molar-refractivity contribution >= 4 is 29.6 Å². The van der Waals surface area contributed by atoms with Crippen molar-refractivity contribution in [2.75, 3.05) is 0 Å². The average Bonchev–Trinajstić information content (AvgIpc) is 2.68. The molecule has 0 saturated carbocycles.